The van der Waals surface area contributed by atoms with Gasteiger partial charge in [0.25, 0.3) is 5.91 Å². The van der Waals surface area contributed by atoms with Crippen molar-refractivity contribution in [3.63, 3.8) is 0 Å². The molecule has 1 aliphatic rings. The van der Waals surface area contributed by atoms with E-state index in [9.17, 15) is 9.59 Å². The minimum absolute atomic E-state index is 0.0408. The molecule has 0 radical (unpaired) electrons. The standard InChI is InChI=1S/C20H22N2O3/c1-20(2,14-7-4-3-5-8-14)12-11-17(23)21-15-9-6-10-16-19(15)25-13-18(24)22-16/h3-10H,11-13H2,1-2H3,(H,21,23)(H,22,24). The van der Waals surface area contributed by atoms with Crippen LogP contribution in [0.4, 0.5) is 11.4 Å². The Balaban J connectivity index is 1.64. The number of fused-ring (bicyclic) bond motifs is 1. The van der Waals surface area contributed by atoms with E-state index in [0.717, 1.165) is 6.42 Å². The number of anilines is 2. The summed E-state index contributed by atoms with van der Waals surface area (Å²) in [5, 5.41) is 5.63. The van der Waals surface area contributed by atoms with Crippen LogP contribution in [-0.2, 0) is 15.0 Å². The minimum Gasteiger partial charge on any atom is -0.479 e. The topological polar surface area (TPSA) is 67.4 Å². The van der Waals surface area contributed by atoms with Gasteiger partial charge in [0.05, 0.1) is 11.4 Å². The van der Waals surface area contributed by atoms with Crippen LogP contribution in [0.1, 0.15) is 32.3 Å². The van der Waals surface area contributed by atoms with Crippen LogP contribution < -0.4 is 15.4 Å². The summed E-state index contributed by atoms with van der Waals surface area (Å²) in [4.78, 5) is 23.8. The predicted molar refractivity (Wildman–Crippen MR) is 97.9 cm³/mol. The highest BCUT2D eigenvalue weighted by atomic mass is 16.5. The number of benzene rings is 2. The zero-order valence-corrected chi connectivity index (χ0v) is 14.5. The van der Waals surface area contributed by atoms with Crippen LogP contribution in [0, 0.1) is 0 Å². The molecule has 0 aliphatic carbocycles. The fraction of sp³-hybridized carbons (Fsp3) is 0.300. The Hall–Kier alpha value is -2.82. The van der Waals surface area contributed by atoms with Crippen LogP contribution in [0.15, 0.2) is 48.5 Å². The number of nitrogens with one attached hydrogen (secondary N) is 2. The smallest absolute Gasteiger partial charge is 0.262 e. The Morgan fingerprint density at radius 1 is 1.16 bits per heavy atom. The lowest BCUT2D eigenvalue weighted by Gasteiger charge is -2.25. The Labute approximate surface area is 147 Å². The highest BCUT2D eigenvalue weighted by molar-refractivity contribution is 5.99. The molecule has 0 spiro atoms. The molecule has 3 rings (SSSR count). The van der Waals surface area contributed by atoms with Crippen molar-refractivity contribution in [1.29, 1.82) is 0 Å². The van der Waals surface area contributed by atoms with Crippen molar-refractivity contribution in [2.24, 2.45) is 0 Å². The average molecular weight is 338 g/mol. The number of amides is 2. The third-order valence-corrected chi connectivity index (χ3v) is 4.44. The SMILES string of the molecule is CC(C)(CCC(=O)Nc1cccc2c1OCC(=O)N2)c1ccccc1. The van der Waals surface area contributed by atoms with Crippen LogP contribution >= 0.6 is 0 Å². The number of carbonyl (C=O) groups excluding carboxylic acids is 2. The first-order chi connectivity index (χ1) is 12.0. The molecule has 5 nitrogen and oxygen atoms in total. The molecule has 1 heterocycles. The minimum atomic E-state index is -0.194. The summed E-state index contributed by atoms with van der Waals surface area (Å²) in [6, 6.07) is 15.5. The number of para-hydroxylation sites is 1. The van der Waals surface area contributed by atoms with Crippen LogP contribution in [0.25, 0.3) is 0 Å². The van der Waals surface area contributed by atoms with Crippen molar-refractivity contribution in [2.75, 3.05) is 17.2 Å². The second-order valence-electron chi connectivity index (χ2n) is 6.82. The molecule has 0 atom stereocenters. The van der Waals surface area contributed by atoms with Crippen LogP contribution in [-0.4, -0.2) is 18.4 Å². The predicted octanol–water partition coefficient (Wildman–Crippen LogP) is 3.71. The summed E-state index contributed by atoms with van der Waals surface area (Å²) < 4.78 is 5.46. The van der Waals surface area contributed by atoms with Gasteiger partial charge in [0.2, 0.25) is 5.91 Å². The zero-order chi connectivity index (χ0) is 17.9. The zero-order valence-electron chi connectivity index (χ0n) is 14.5. The van der Waals surface area contributed by atoms with Gasteiger partial charge in [-0.3, -0.25) is 9.59 Å². The van der Waals surface area contributed by atoms with Gasteiger partial charge in [-0.05, 0) is 29.5 Å². The molecule has 2 aromatic rings. The summed E-state index contributed by atoms with van der Waals surface area (Å²) in [6.07, 6.45) is 1.13. The van der Waals surface area contributed by atoms with Crippen LogP contribution in [0.3, 0.4) is 0 Å². The molecule has 5 heteroatoms. The second-order valence-corrected chi connectivity index (χ2v) is 6.82. The van der Waals surface area contributed by atoms with Crippen molar-refractivity contribution in [1.82, 2.24) is 0 Å². The molecule has 0 bridgehead atoms. The molecular weight excluding hydrogens is 316 g/mol. The number of rotatable bonds is 5. The van der Waals surface area contributed by atoms with Gasteiger partial charge in [-0.25, -0.2) is 0 Å². The summed E-state index contributed by atoms with van der Waals surface area (Å²) >= 11 is 0. The van der Waals surface area contributed by atoms with Crippen molar-refractivity contribution >= 4 is 23.2 Å². The molecule has 2 amide bonds. The lowest BCUT2D eigenvalue weighted by atomic mass is 9.80. The molecule has 0 aromatic heterocycles. The van der Waals surface area contributed by atoms with E-state index in [1.165, 1.54) is 5.56 Å². The largest absolute Gasteiger partial charge is 0.479 e. The third kappa shape index (κ3) is 3.99. The Morgan fingerprint density at radius 3 is 2.68 bits per heavy atom. The Bertz CT molecular complexity index is 785. The summed E-state index contributed by atoms with van der Waals surface area (Å²) in [7, 11) is 0. The van der Waals surface area contributed by atoms with Crippen molar-refractivity contribution < 1.29 is 14.3 Å². The highest BCUT2D eigenvalue weighted by Gasteiger charge is 2.23. The maximum atomic E-state index is 12.4. The fourth-order valence-corrected chi connectivity index (χ4v) is 2.89. The molecule has 130 valence electrons. The van der Waals surface area contributed by atoms with Crippen molar-refractivity contribution in [3.8, 4) is 5.75 Å². The van der Waals surface area contributed by atoms with Gasteiger partial charge in [-0.2, -0.15) is 0 Å². The molecule has 25 heavy (non-hydrogen) atoms. The molecule has 0 saturated heterocycles. The fourth-order valence-electron chi connectivity index (χ4n) is 2.89. The first-order valence-electron chi connectivity index (χ1n) is 8.37. The molecule has 0 saturated carbocycles. The Morgan fingerprint density at radius 2 is 1.92 bits per heavy atom. The third-order valence-electron chi connectivity index (χ3n) is 4.44. The first kappa shape index (κ1) is 17.0. The van der Waals surface area contributed by atoms with Gasteiger partial charge in [-0.1, -0.05) is 50.2 Å². The van der Waals surface area contributed by atoms with Crippen LogP contribution in [0.2, 0.25) is 0 Å². The summed E-state index contributed by atoms with van der Waals surface area (Å²) in [6.45, 7) is 4.23. The number of carbonyl (C=O) groups is 2. The highest BCUT2D eigenvalue weighted by Crippen LogP contribution is 2.36. The van der Waals surface area contributed by atoms with Gasteiger partial charge in [0, 0.05) is 6.42 Å². The van der Waals surface area contributed by atoms with E-state index in [2.05, 4.69) is 36.6 Å². The van der Waals surface area contributed by atoms with Crippen molar-refractivity contribution in [2.45, 2.75) is 32.1 Å². The number of ether oxygens (including phenoxy) is 1. The number of hydrogen-bond acceptors (Lipinski definition) is 3. The molecule has 0 unspecified atom stereocenters. The lowest BCUT2D eigenvalue weighted by Crippen LogP contribution is -2.26. The van der Waals surface area contributed by atoms with Gasteiger partial charge in [-0.15, -0.1) is 0 Å². The molecule has 2 N–H and O–H groups in total. The first-order valence-corrected chi connectivity index (χ1v) is 8.37. The van der Waals surface area contributed by atoms with Gasteiger partial charge in [0.15, 0.2) is 12.4 Å². The van der Waals surface area contributed by atoms with Gasteiger partial charge >= 0.3 is 0 Å². The molecule has 0 fully saturated rings. The van der Waals surface area contributed by atoms with E-state index in [1.54, 1.807) is 18.2 Å². The Kier molecular flexibility index (Phi) is 4.74. The van der Waals surface area contributed by atoms with Gasteiger partial charge < -0.3 is 15.4 Å². The second kappa shape index (κ2) is 6.97. The quantitative estimate of drug-likeness (QED) is 0.873. The summed E-state index contributed by atoms with van der Waals surface area (Å²) in [5.41, 5.74) is 2.30. The van der Waals surface area contributed by atoms with E-state index in [-0.39, 0.29) is 23.8 Å². The molecular formula is C20H22N2O3. The van der Waals surface area contributed by atoms with Crippen LogP contribution in [0.5, 0.6) is 5.75 Å². The summed E-state index contributed by atoms with van der Waals surface area (Å²) in [5.74, 6) is 0.247. The average Bonchev–Trinajstić information content (AvgIpc) is 2.61. The van der Waals surface area contributed by atoms with E-state index < -0.39 is 0 Å². The molecule has 1 aliphatic heterocycles. The van der Waals surface area contributed by atoms with Gasteiger partial charge in [0.1, 0.15) is 0 Å². The van der Waals surface area contributed by atoms with E-state index in [0.29, 0.717) is 23.5 Å². The van der Waals surface area contributed by atoms with E-state index in [4.69, 9.17) is 4.74 Å². The van der Waals surface area contributed by atoms with E-state index in [1.807, 2.05) is 18.2 Å². The normalized spacial score (nSPS) is 13.4. The maximum absolute atomic E-state index is 12.4. The monoisotopic (exact) mass is 338 g/mol. The lowest BCUT2D eigenvalue weighted by molar-refractivity contribution is -0.118. The molecule has 2 aromatic carbocycles. The number of hydrogen-bond donors (Lipinski definition) is 2. The van der Waals surface area contributed by atoms with E-state index >= 15 is 0 Å². The van der Waals surface area contributed by atoms with Crippen molar-refractivity contribution in [3.05, 3.63) is 54.1 Å². The maximum Gasteiger partial charge on any atom is 0.262 e.